The van der Waals surface area contributed by atoms with Crippen molar-refractivity contribution >= 4 is 39.0 Å². The average molecular weight is 607 g/mol. The molecule has 0 bridgehead atoms. The number of carbonyl (C=O) groups excluding carboxylic acids is 1. The lowest BCUT2D eigenvalue weighted by Gasteiger charge is -2.21. The van der Waals surface area contributed by atoms with Gasteiger partial charge in [0.25, 0.3) is 5.56 Å². The zero-order valence-corrected chi connectivity index (χ0v) is 21.5. The SMILES string of the molecule is CC(O)C(O)C(O)C(O)C=O.Nc1nc2c(ncn2[C@@H]2O[C@H](COP(=O)(O)OP(=O)(O)O)[C@@H](O)[C@H]2O)c(=O)[nH]1. The number of aldehydes is 1. The molecule has 1 aliphatic rings. The lowest BCUT2D eigenvalue weighted by molar-refractivity contribution is -0.132. The Kier molecular flexibility index (Phi) is 11.0. The van der Waals surface area contributed by atoms with Gasteiger partial charge in [0, 0.05) is 0 Å². The third-order valence-electron chi connectivity index (χ3n) is 5.01. The Labute approximate surface area is 216 Å². The number of rotatable bonds is 10. The molecule has 1 saturated heterocycles. The van der Waals surface area contributed by atoms with Crippen LogP contribution in [0.1, 0.15) is 13.2 Å². The van der Waals surface area contributed by atoms with Crippen LogP contribution in [0.5, 0.6) is 0 Å². The first-order valence-electron chi connectivity index (χ1n) is 10.5. The number of phosphoric ester groups is 1. The second kappa shape index (κ2) is 13.0. The van der Waals surface area contributed by atoms with Crippen LogP contribution in [0.25, 0.3) is 11.2 Å². The van der Waals surface area contributed by atoms with Crippen molar-refractivity contribution in [2.75, 3.05) is 12.3 Å². The Balaban J connectivity index is 0.000000411. The number of hydrogen-bond donors (Lipinski definition) is 11. The van der Waals surface area contributed by atoms with Gasteiger partial charge in [-0.1, -0.05) is 0 Å². The monoisotopic (exact) mass is 607 g/mol. The molecule has 0 aliphatic carbocycles. The molecule has 39 heavy (non-hydrogen) atoms. The van der Waals surface area contributed by atoms with Crippen LogP contribution in [0.2, 0.25) is 0 Å². The number of nitrogen functional groups attached to an aromatic ring is 1. The third kappa shape index (κ3) is 8.64. The summed E-state index contributed by atoms with van der Waals surface area (Å²) in [5, 5.41) is 55.4. The Hall–Kier alpha value is -2.20. The molecule has 3 heterocycles. The summed E-state index contributed by atoms with van der Waals surface area (Å²) in [5.74, 6) is -0.233. The highest BCUT2D eigenvalue weighted by atomic mass is 31.3. The van der Waals surface area contributed by atoms with Crippen LogP contribution in [0.4, 0.5) is 5.95 Å². The van der Waals surface area contributed by atoms with Crippen LogP contribution < -0.4 is 11.3 Å². The number of H-pyrrole nitrogens is 1. The molecule has 1 fully saturated rings. The highest BCUT2D eigenvalue weighted by Gasteiger charge is 2.46. The van der Waals surface area contributed by atoms with E-state index < -0.39 is 76.8 Å². The molecule has 0 aromatic carbocycles. The number of hydrogen-bond acceptors (Lipinski definition) is 16. The zero-order chi connectivity index (χ0) is 29.9. The van der Waals surface area contributed by atoms with Crippen LogP contribution >= 0.6 is 15.6 Å². The fraction of sp³-hybridized carbons (Fsp3) is 0.625. The Morgan fingerprint density at radius 1 is 1.18 bits per heavy atom. The molecule has 3 rings (SSSR count). The summed E-state index contributed by atoms with van der Waals surface area (Å²) in [7, 11) is -10.5. The molecule has 0 radical (unpaired) electrons. The number of nitrogens with two attached hydrogens (primary N) is 1. The van der Waals surface area contributed by atoms with Gasteiger partial charge in [0.05, 0.1) is 19.0 Å². The number of aromatic nitrogens is 4. The van der Waals surface area contributed by atoms with Gasteiger partial charge in [-0.25, -0.2) is 14.1 Å². The van der Waals surface area contributed by atoms with E-state index in [1.54, 1.807) is 0 Å². The van der Waals surface area contributed by atoms with Gasteiger partial charge in [0.1, 0.15) is 36.6 Å². The van der Waals surface area contributed by atoms with Crippen LogP contribution in [-0.4, -0.2) is 120 Å². The number of phosphoric acid groups is 2. The van der Waals surface area contributed by atoms with E-state index >= 15 is 0 Å². The topological polar surface area (TPSA) is 351 Å². The summed E-state index contributed by atoms with van der Waals surface area (Å²) in [6.07, 6.45) is -10.8. The molecule has 5 unspecified atom stereocenters. The summed E-state index contributed by atoms with van der Waals surface area (Å²) in [6.45, 7) is 0.372. The summed E-state index contributed by atoms with van der Waals surface area (Å²) in [4.78, 5) is 58.0. The summed E-state index contributed by atoms with van der Waals surface area (Å²) in [6, 6.07) is 0. The lowest BCUT2D eigenvalue weighted by Crippen LogP contribution is -2.43. The van der Waals surface area contributed by atoms with Gasteiger partial charge in [-0.3, -0.25) is 18.9 Å². The van der Waals surface area contributed by atoms with E-state index in [2.05, 4.69) is 23.8 Å². The Morgan fingerprint density at radius 3 is 2.33 bits per heavy atom. The molecule has 0 spiro atoms. The van der Waals surface area contributed by atoms with Gasteiger partial charge in [-0.2, -0.15) is 9.29 Å². The predicted molar refractivity (Wildman–Crippen MR) is 123 cm³/mol. The van der Waals surface area contributed by atoms with Crippen LogP contribution in [0, 0.1) is 0 Å². The summed E-state index contributed by atoms with van der Waals surface area (Å²) >= 11 is 0. The molecule has 21 nitrogen and oxygen atoms in total. The second-order valence-corrected chi connectivity index (χ2v) is 10.8. The number of anilines is 1. The maximum atomic E-state index is 11.8. The van der Waals surface area contributed by atoms with Gasteiger partial charge in [0.15, 0.2) is 23.7 Å². The highest BCUT2D eigenvalue weighted by molar-refractivity contribution is 7.60. The molecule has 23 heteroatoms. The van der Waals surface area contributed by atoms with E-state index in [9.17, 15) is 33.8 Å². The van der Waals surface area contributed by atoms with Crippen molar-refractivity contribution in [3.8, 4) is 0 Å². The Bertz CT molecular complexity index is 1280. The molecule has 1 aliphatic heterocycles. The quantitative estimate of drug-likeness (QED) is 0.0891. The van der Waals surface area contributed by atoms with Crippen molar-refractivity contribution in [1.29, 1.82) is 0 Å². The third-order valence-corrected chi connectivity index (χ3v) is 7.16. The van der Waals surface area contributed by atoms with Gasteiger partial charge in [-0.15, -0.1) is 0 Å². The molecule has 2 aromatic rings. The first-order valence-corrected chi connectivity index (χ1v) is 13.6. The lowest BCUT2D eigenvalue weighted by atomic mass is 10.1. The van der Waals surface area contributed by atoms with E-state index in [0.717, 1.165) is 10.9 Å². The zero-order valence-electron chi connectivity index (χ0n) is 19.7. The van der Waals surface area contributed by atoms with E-state index in [1.165, 1.54) is 6.92 Å². The maximum absolute atomic E-state index is 11.8. The van der Waals surface area contributed by atoms with E-state index in [-0.39, 0.29) is 23.4 Å². The minimum atomic E-state index is -5.32. The van der Waals surface area contributed by atoms with E-state index in [0.29, 0.717) is 0 Å². The molecule has 222 valence electrons. The number of nitrogens with one attached hydrogen (secondary N) is 1. The standard InChI is InChI=1S/C10H15N5O11P2.C6H12O5/c11-10-13-7-4(8(18)14-10)12-2-15(7)9-6(17)5(16)3(25-9)1-24-28(22,23)26-27(19,20)21;1-3(8)5(10)6(11)4(9)2-7/h2-3,5-6,9,16-17H,1H2,(H,22,23)(H2,19,20,21)(H3,11,13,14,18);2-6,8-11H,1H3/t3-,5-,6-,9-;/m1./s1. The van der Waals surface area contributed by atoms with Crippen molar-refractivity contribution in [2.45, 2.75) is 55.9 Å². The summed E-state index contributed by atoms with van der Waals surface area (Å²) < 4.78 is 36.6. The smallest absolute Gasteiger partial charge is 0.391 e. The van der Waals surface area contributed by atoms with E-state index in [4.69, 9.17) is 40.7 Å². The fourth-order valence-corrected chi connectivity index (χ4v) is 4.72. The molecule has 0 saturated carbocycles. The van der Waals surface area contributed by atoms with Crippen LogP contribution in [0.3, 0.4) is 0 Å². The fourth-order valence-electron chi connectivity index (χ4n) is 3.12. The first-order chi connectivity index (χ1) is 17.9. The van der Waals surface area contributed by atoms with Crippen molar-refractivity contribution < 1.29 is 72.8 Å². The molecule has 9 atom stereocenters. The molecule has 2 aromatic heterocycles. The van der Waals surface area contributed by atoms with Gasteiger partial charge >= 0.3 is 15.6 Å². The molecule has 12 N–H and O–H groups in total. The largest absolute Gasteiger partial charge is 0.481 e. The van der Waals surface area contributed by atoms with E-state index in [1.807, 2.05) is 0 Å². The normalized spacial score (nSPS) is 26.2. The number of imidazole rings is 1. The minimum Gasteiger partial charge on any atom is -0.391 e. The number of ether oxygens (including phenoxy) is 1. The van der Waals surface area contributed by atoms with Crippen molar-refractivity contribution in [1.82, 2.24) is 19.5 Å². The molecule has 0 amide bonds. The maximum Gasteiger partial charge on any atom is 0.481 e. The van der Waals surface area contributed by atoms with Gasteiger partial charge in [-0.05, 0) is 6.92 Å². The number of aliphatic hydroxyl groups excluding tert-OH is 6. The number of carbonyl (C=O) groups is 1. The minimum absolute atomic E-state index is 0.0586. The van der Waals surface area contributed by atoms with Crippen LogP contribution in [0.15, 0.2) is 11.1 Å². The molecular formula is C16H27N5O16P2. The number of nitrogens with zero attached hydrogens (tertiary/aromatic N) is 3. The number of fused-ring (bicyclic) bond motifs is 1. The first kappa shape index (κ1) is 33.0. The van der Waals surface area contributed by atoms with Gasteiger partial charge < -0.3 is 60.6 Å². The number of aromatic amines is 1. The number of aliphatic hydroxyl groups is 6. The second-order valence-electron chi connectivity index (χ2n) is 8.01. The molecular weight excluding hydrogens is 580 g/mol. The highest BCUT2D eigenvalue weighted by Crippen LogP contribution is 2.57. The summed E-state index contributed by atoms with van der Waals surface area (Å²) in [5.41, 5.74) is 4.65. The Morgan fingerprint density at radius 2 is 1.79 bits per heavy atom. The predicted octanol–water partition coefficient (Wildman–Crippen LogP) is -4.80. The van der Waals surface area contributed by atoms with Crippen molar-refractivity contribution in [3.63, 3.8) is 0 Å². The van der Waals surface area contributed by atoms with Gasteiger partial charge in [0.2, 0.25) is 5.95 Å². The average Bonchev–Trinajstić information content (AvgIpc) is 3.36. The van der Waals surface area contributed by atoms with Crippen LogP contribution in [-0.2, 0) is 27.5 Å². The van der Waals surface area contributed by atoms with Crippen molar-refractivity contribution in [2.24, 2.45) is 0 Å². The van der Waals surface area contributed by atoms with Crippen molar-refractivity contribution in [3.05, 3.63) is 16.7 Å².